The van der Waals surface area contributed by atoms with Gasteiger partial charge in [0.25, 0.3) is 52.3 Å². The van der Waals surface area contributed by atoms with Crippen LogP contribution in [0.15, 0.2) is 226 Å². The largest absolute Gasteiger partial charge is 0.471 e. The van der Waals surface area contributed by atoms with E-state index in [4.69, 9.17) is 25.8 Å². The summed E-state index contributed by atoms with van der Waals surface area (Å²) < 4.78 is 152. The lowest BCUT2D eigenvalue weighted by atomic mass is 9.77. The van der Waals surface area contributed by atoms with E-state index in [1.807, 2.05) is 188 Å². The van der Waals surface area contributed by atoms with Crippen LogP contribution in [-0.4, -0.2) is 197 Å². The number of carbonyl (C=O) groups is 6. The monoisotopic (exact) mass is 2130 g/mol. The summed E-state index contributed by atoms with van der Waals surface area (Å²) in [6.45, 7) is 24.7. The molecular formula is C107H126N18O21S4+2. The van der Waals surface area contributed by atoms with Crippen LogP contribution in [0.5, 0.6) is 11.8 Å². The van der Waals surface area contributed by atoms with E-state index >= 15 is 0 Å². The first-order valence-electron chi connectivity index (χ1n) is 49.9. The highest BCUT2D eigenvalue weighted by molar-refractivity contribution is 7.86. The second-order valence-corrected chi connectivity index (χ2v) is 44.9. The molecular weight excluding hydrogens is 2000 g/mol. The Bertz CT molecular complexity index is 7640. The molecule has 792 valence electrons. The number of carbonyl (C=O) groups excluding carboxylic acids is 6. The van der Waals surface area contributed by atoms with Gasteiger partial charge in [-0.3, -0.25) is 42.2 Å². The van der Waals surface area contributed by atoms with Gasteiger partial charge in [-0.15, -0.1) is 5.06 Å². The minimum Gasteiger partial charge on any atom is -0.471 e. The number of imidazole rings is 2. The molecule has 17 rings (SSSR count). The topological polar surface area (TPSA) is 552 Å². The van der Waals surface area contributed by atoms with Crippen LogP contribution in [0.2, 0.25) is 0 Å². The van der Waals surface area contributed by atoms with Crippen LogP contribution < -0.4 is 41.4 Å². The molecule has 5 amide bonds. The fraction of sp³-hybridized carbons (Fsp3) is 0.383. The molecule has 10 heterocycles. The second-order valence-electron chi connectivity index (χ2n) is 39.2. The van der Waals surface area contributed by atoms with E-state index in [0.717, 1.165) is 110 Å². The van der Waals surface area contributed by atoms with E-state index in [1.54, 1.807) is 24.3 Å². The van der Waals surface area contributed by atoms with E-state index in [0.29, 0.717) is 136 Å². The van der Waals surface area contributed by atoms with Gasteiger partial charge in [-0.2, -0.15) is 62.8 Å². The maximum atomic E-state index is 13.7. The summed E-state index contributed by atoms with van der Waals surface area (Å²) in [4.78, 5) is 116. The van der Waals surface area contributed by atoms with E-state index in [1.165, 1.54) is 67.6 Å². The first kappa shape index (κ1) is 110. The predicted octanol–water partition coefficient (Wildman–Crippen LogP) is 14.8. The molecule has 2 saturated heterocycles. The summed E-state index contributed by atoms with van der Waals surface area (Å²) in [6, 6.07) is 34.0. The van der Waals surface area contributed by atoms with E-state index < -0.39 is 79.9 Å². The van der Waals surface area contributed by atoms with Gasteiger partial charge in [-0.1, -0.05) is 104 Å². The second kappa shape index (κ2) is 45.6. The lowest BCUT2D eigenvalue weighted by molar-refractivity contribution is -0.433. The van der Waals surface area contributed by atoms with E-state index in [2.05, 4.69) is 64.6 Å². The number of benzene rings is 6. The summed E-state index contributed by atoms with van der Waals surface area (Å²) in [5.74, 6) is -0.920. The highest BCUT2D eigenvalue weighted by Gasteiger charge is 2.49. The number of amides is 5. The average molecular weight is 2130 g/mol. The van der Waals surface area contributed by atoms with Crippen molar-refractivity contribution in [3.63, 3.8) is 0 Å². The van der Waals surface area contributed by atoms with Gasteiger partial charge in [0.05, 0.1) is 43.1 Å². The number of nitrogens with one attached hydrogen (secondary N) is 4. The zero-order valence-electron chi connectivity index (χ0n) is 85.2. The molecule has 6 aromatic carbocycles. The molecule has 43 heteroatoms. The molecule has 2 atom stereocenters. The summed E-state index contributed by atoms with van der Waals surface area (Å²) in [5, 5.41) is 6.62. The van der Waals surface area contributed by atoms with Gasteiger partial charge in [-0.25, -0.2) is 14.8 Å². The van der Waals surface area contributed by atoms with Crippen molar-refractivity contribution in [2.45, 2.75) is 233 Å². The lowest BCUT2D eigenvalue weighted by Gasteiger charge is -2.32. The molecule has 4 aromatic heterocycles. The fourth-order valence-corrected chi connectivity index (χ4v) is 22.9. The number of likely N-dealkylation sites (tertiary alicyclic amines) is 1. The smallest absolute Gasteiger partial charge is 0.333 e. The van der Waals surface area contributed by atoms with Gasteiger partial charge in [0.1, 0.15) is 37.3 Å². The van der Waals surface area contributed by atoms with Crippen LogP contribution >= 0.6 is 0 Å². The van der Waals surface area contributed by atoms with Gasteiger partial charge in [-0.05, 0) is 227 Å². The minimum atomic E-state index is -4.51. The first-order chi connectivity index (χ1) is 71.2. The number of hydrogen-bond acceptors (Lipinski definition) is 27. The first-order valence-corrected chi connectivity index (χ1v) is 55.7. The maximum Gasteiger partial charge on any atom is 0.333 e. The molecule has 0 spiro atoms. The number of aromatic amines is 2. The number of likely N-dealkylation sites (N-methyl/N-ethyl adjacent to an activating group) is 2. The number of anilines is 4. The van der Waals surface area contributed by atoms with Crippen molar-refractivity contribution in [1.82, 2.24) is 60.5 Å². The highest BCUT2D eigenvalue weighted by Crippen LogP contribution is 2.54. The molecule has 2 unspecified atom stereocenters. The fourth-order valence-electron chi connectivity index (χ4n) is 20.8. The van der Waals surface area contributed by atoms with Gasteiger partial charge in [0.15, 0.2) is 22.7 Å². The third-order valence-corrected chi connectivity index (χ3v) is 32.2. The van der Waals surface area contributed by atoms with Crippen LogP contribution in [0.25, 0.3) is 22.3 Å². The van der Waals surface area contributed by atoms with Crippen molar-refractivity contribution in [3.05, 3.63) is 251 Å². The van der Waals surface area contributed by atoms with Crippen LogP contribution in [0, 0.1) is 11.8 Å². The Morgan fingerprint density at radius 2 is 0.860 bits per heavy atom. The number of fused-ring (bicyclic) bond motifs is 6. The van der Waals surface area contributed by atoms with E-state index in [9.17, 15) is 80.6 Å². The molecule has 12 N–H and O–H groups in total. The predicted molar refractivity (Wildman–Crippen MR) is 564 cm³/mol. The van der Waals surface area contributed by atoms with Crippen molar-refractivity contribution < 1.29 is 104 Å². The number of rotatable bonds is 35. The number of ether oxygens (including phenoxy) is 2. The SMILES string of the molecule is CCN1/C(=C/C=C/C=C/C2=[N+](CC)c3ccc(S(=O)(=O)O)cc3C2(C)C)C(C)(CCCC(=O)N2CCC(C(=O)NCc3ccc(COc4nc(N)nc5nc[nH]c45)cc3)CC2)c2cc(S(=O)(=O)O)ccc21.CCN1/C(=C/C=C/C=C/C2=[N+](CC)c3ccc(S(=O)(=O)O)cc3C2(C)C)C(C)(CCCC(=O)ON2C(=O)CCC2=O)c2cc(S(=O)(=O)O)ccc21.Nc1nc(OCc2ccc(CNC(=O)C3CCCCC3)cc2)c2[nH]cnc2n1. The quantitative estimate of drug-likeness (QED) is 0.00763. The lowest BCUT2D eigenvalue weighted by Crippen LogP contribution is -2.43. The Morgan fingerprint density at radius 1 is 0.480 bits per heavy atom. The number of aromatic nitrogens is 8. The molecule has 0 radical (unpaired) electrons. The van der Waals surface area contributed by atoms with Crippen molar-refractivity contribution in [1.29, 1.82) is 0 Å². The zero-order valence-corrected chi connectivity index (χ0v) is 88.5. The van der Waals surface area contributed by atoms with Crippen molar-refractivity contribution in [2.75, 3.05) is 60.5 Å². The number of hydrogen-bond donors (Lipinski definition) is 10. The van der Waals surface area contributed by atoms with Crippen LogP contribution in [0.3, 0.4) is 0 Å². The van der Waals surface area contributed by atoms with Gasteiger partial charge in [0, 0.05) is 146 Å². The Balaban J connectivity index is 0.000000184. The number of piperidine rings is 1. The van der Waals surface area contributed by atoms with Crippen LogP contribution in [0.1, 0.15) is 210 Å². The number of nitrogen functional groups attached to an aromatic ring is 2. The summed E-state index contributed by atoms with van der Waals surface area (Å²) in [5.41, 5.74) is 24.6. The molecule has 1 saturated carbocycles. The molecule has 7 aliphatic rings. The maximum absolute atomic E-state index is 13.7. The Kier molecular flexibility index (Phi) is 33.4. The molecule has 3 fully saturated rings. The van der Waals surface area contributed by atoms with Crippen molar-refractivity contribution >= 4 is 144 Å². The van der Waals surface area contributed by atoms with Crippen molar-refractivity contribution in [3.8, 4) is 11.8 Å². The normalized spacial score (nSPS) is 18.9. The van der Waals surface area contributed by atoms with Gasteiger partial charge in [0.2, 0.25) is 52.8 Å². The minimum absolute atomic E-state index is 0.00803. The average Bonchev–Trinajstić information content (AvgIpc) is 1.59. The summed E-state index contributed by atoms with van der Waals surface area (Å²) >= 11 is 0. The number of nitrogens with two attached hydrogens (primary N) is 2. The Hall–Kier alpha value is -14.3. The summed E-state index contributed by atoms with van der Waals surface area (Å²) in [6.07, 6.45) is 30.6. The molecule has 10 aromatic rings. The Labute approximate surface area is 871 Å². The highest BCUT2D eigenvalue weighted by atomic mass is 32.2. The number of H-pyrrole nitrogens is 2. The molecule has 150 heavy (non-hydrogen) atoms. The Morgan fingerprint density at radius 3 is 1.25 bits per heavy atom. The third kappa shape index (κ3) is 24.4. The number of hydroxylamine groups is 2. The molecule has 6 aliphatic heterocycles. The van der Waals surface area contributed by atoms with Gasteiger partial charge < -0.3 is 61.1 Å². The van der Waals surface area contributed by atoms with Crippen LogP contribution in [0.4, 0.5) is 34.6 Å². The zero-order chi connectivity index (χ0) is 108. The standard InChI is InChI=1S/C51H59N9O9S2.C36H41N3O10S2.C20H24N6O2/c1-6-59-40-21-19-36(70(63,64)65)28-38(40)50(3,4)42(59)12-9-8-10-13-43-51(5,39-29-37(71(66,67)68)20-22-41(39)60(43)7-2)25-11-14-44(61)58-26-23-35(24-27-58)47(62)53-30-33-15-17-34(18-16-33)31-69-48-45-46(55-32-54-45)56-49(52)57-48;1-6-37-28-17-15-24(50(43,44)45)22-26(28)35(3,4)30(37)12-9-8-10-13-31-36(5,21-11-14-34(42)49-39-32(40)19-20-33(39)41)27-23-25(51(46,47)48)16-18-29(27)38(31)7-2;21-20-25-17-16(23-12-24-17)19(26-20)28-11-14-8-6-13(7-9-14)10-22-18(27)15-4-2-1-3-5-15/h8-10,12-13,15-22,28-29,32,35H,6-7,11,14,23-27,30-31H2,1-5H3,(H5-,52,53,54,55,56,57,62,63,64,65,66,67,68);8-10,12-13,15-18,22-23H,6-7,11,14,19-21H2,1-5H3,(H-,43,44,45,46,47,48);6-9,12,15H,1-5,10-11H2,(H,22,27)(H3,21,23,24,25,26)/p+2. The summed E-state index contributed by atoms with van der Waals surface area (Å²) in [7, 11) is -17.8. The van der Waals surface area contributed by atoms with E-state index in [-0.39, 0.29) is 99.7 Å². The molecule has 1 aliphatic carbocycles. The molecule has 39 nitrogen and oxygen atoms in total. The number of imide groups is 1. The van der Waals surface area contributed by atoms with Crippen molar-refractivity contribution in [2.24, 2.45) is 11.8 Å². The third-order valence-electron chi connectivity index (χ3n) is 28.9. The van der Waals surface area contributed by atoms with Gasteiger partial charge >= 0.3 is 5.97 Å². The molecule has 0 bridgehead atoms. The number of nitrogens with zero attached hydrogens (tertiary/aromatic N) is 12. The van der Waals surface area contributed by atoms with Crippen LogP contribution in [-0.2, 0) is 122 Å². The number of allylic oxidation sites excluding steroid dienone is 12.